The van der Waals surface area contributed by atoms with Crippen LogP contribution in [0.5, 0.6) is 0 Å². The quantitative estimate of drug-likeness (QED) is 0.182. The van der Waals surface area contributed by atoms with Crippen molar-refractivity contribution in [1.29, 1.82) is 0 Å². The Balaban J connectivity index is 1.18. The highest BCUT2D eigenvalue weighted by Crippen LogP contribution is 2.64. The first-order valence-corrected chi connectivity index (χ1v) is 18.1. The van der Waals surface area contributed by atoms with E-state index in [0.717, 1.165) is 17.1 Å². The van der Waals surface area contributed by atoms with Crippen LogP contribution >= 0.6 is 0 Å². The fraction of sp³-hybridized carbons (Fsp3) is 0.0196. The summed E-state index contributed by atoms with van der Waals surface area (Å²) in [5, 5.41) is 5.04. The summed E-state index contributed by atoms with van der Waals surface area (Å²) in [5.41, 5.74) is 16.1. The van der Waals surface area contributed by atoms with Crippen molar-refractivity contribution in [3.63, 3.8) is 0 Å². The number of hydrogen-bond acceptors (Lipinski definition) is 1. The Morgan fingerprint density at radius 3 is 1.69 bits per heavy atom. The number of benzene rings is 9. The molecule has 0 radical (unpaired) electrons. The first-order chi connectivity index (χ1) is 25.8. The van der Waals surface area contributed by atoms with Crippen molar-refractivity contribution in [3.05, 3.63) is 222 Å². The van der Waals surface area contributed by atoms with Crippen molar-refractivity contribution in [2.24, 2.45) is 0 Å². The Bertz CT molecular complexity index is 2850. The molecule has 1 spiro atoms. The third-order valence-electron chi connectivity index (χ3n) is 11.4. The van der Waals surface area contributed by atoms with E-state index in [1.165, 1.54) is 77.2 Å². The van der Waals surface area contributed by atoms with Gasteiger partial charge >= 0.3 is 0 Å². The van der Waals surface area contributed by atoms with Gasteiger partial charge in [0.2, 0.25) is 0 Å². The van der Waals surface area contributed by atoms with Crippen molar-refractivity contribution >= 4 is 38.6 Å². The molecule has 1 atom stereocenters. The standard InChI is InChI=1S/C51H33N/c1-2-12-34(13-3-1)36-22-26-39(27-23-36)52(40-28-24-35-14-4-5-16-38(35)32-40)41-29-30-44-43-18-8-10-20-46(43)51(49(44)33-41)47-21-11-9-19-45(47)50-42-17-7-6-15-37(42)25-31-48(50)51/h1-33H. The first-order valence-electron chi connectivity index (χ1n) is 18.1. The average Bonchev–Trinajstić information content (AvgIpc) is 3.69. The molecule has 2 aliphatic carbocycles. The van der Waals surface area contributed by atoms with E-state index in [1.54, 1.807) is 0 Å². The van der Waals surface area contributed by atoms with E-state index in [2.05, 4.69) is 205 Å². The van der Waals surface area contributed by atoms with Gasteiger partial charge in [-0.3, -0.25) is 0 Å². The Morgan fingerprint density at radius 1 is 0.308 bits per heavy atom. The summed E-state index contributed by atoms with van der Waals surface area (Å²) >= 11 is 0. The molecule has 0 aromatic heterocycles. The Labute approximate surface area is 303 Å². The summed E-state index contributed by atoms with van der Waals surface area (Å²) < 4.78 is 0. The van der Waals surface area contributed by atoms with Gasteiger partial charge in [-0.25, -0.2) is 0 Å². The lowest BCUT2D eigenvalue weighted by Gasteiger charge is -2.32. The van der Waals surface area contributed by atoms with Gasteiger partial charge < -0.3 is 4.90 Å². The van der Waals surface area contributed by atoms with Crippen molar-refractivity contribution in [2.45, 2.75) is 5.41 Å². The first kappa shape index (κ1) is 29.1. The highest BCUT2D eigenvalue weighted by Gasteiger charge is 2.52. The SMILES string of the molecule is c1ccc(-c2ccc(N(c3ccc4c(c3)C3(c5ccccc5-4)c4ccccc4-c4c3ccc3ccccc43)c3ccc4ccccc4c3)cc2)cc1. The maximum Gasteiger partial charge on any atom is 0.0726 e. The largest absolute Gasteiger partial charge is 0.310 e. The highest BCUT2D eigenvalue weighted by molar-refractivity contribution is 6.06. The van der Waals surface area contributed by atoms with Crippen LogP contribution in [0, 0.1) is 0 Å². The van der Waals surface area contributed by atoms with Crippen molar-refractivity contribution in [1.82, 2.24) is 0 Å². The zero-order valence-corrected chi connectivity index (χ0v) is 28.5. The van der Waals surface area contributed by atoms with Crippen LogP contribution in [0.2, 0.25) is 0 Å². The molecule has 2 aliphatic rings. The molecule has 52 heavy (non-hydrogen) atoms. The van der Waals surface area contributed by atoms with E-state index in [4.69, 9.17) is 0 Å². The third-order valence-corrected chi connectivity index (χ3v) is 11.4. The molecule has 1 heteroatoms. The molecule has 0 bridgehead atoms. The molecule has 1 unspecified atom stereocenters. The molecule has 0 saturated heterocycles. The molecule has 242 valence electrons. The predicted octanol–water partition coefficient (Wildman–Crippen LogP) is 13.5. The smallest absolute Gasteiger partial charge is 0.0726 e. The number of hydrogen-bond donors (Lipinski definition) is 0. The summed E-state index contributed by atoms with van der Waals surface area (Å²) in [6, 6.07) is 74.0. The topological polar surface area (TPSA) is 3.24 Å². The molecule has 9 aromatic rings. The van der Waals surface area contributed by atoms with E-state index in [1.807, 2.05) is 0 Å². The fourth-order valence-electron chi connectivity index (χ4n) is 9.23. The number of anilines is 3. The van der Waals surface area contributed by atoms with E-state index in [0.29, 0.717) is 0 Å². The second-order valence-corrected chi connectivity index (χ2v) is 14.1. The molecule has 0 amide bonds. The molecule has 11 rings (SSSR count). The highest BCUT2D eigenvalue weighted by atomic mass is 15.1. The maximum atomic E-state index is 2.48. The van der Waals surface area contributed by atoms with E-state index in [-0.39, 0.29) is 0 Å². The molecular weight excluding hydrogens is 627 g/mol. The molecule has 9 aromatic carbocycles. The summed E-state index contributed by atoms with van der Waals surface area (Å²) in [6.45, 7) is 0. The van der Waals surface area contributed by atoms with Gasteiger partial charge in [0.25, 0.3) is 0 Å². The Morgan fingerprint density at radius 2 is 0.865 bits per heavy atom. The summed E-state index contributed by atoms with van der Waals surface area (Å²) in [6.07, 6.45) is 0. The van der Waals surface area contributed by atoms with E-state index in [9.17, 15) is 0 Å². The average molecular weight is 660 g/mol. The van der Waals surface area contributed by atoms with Gasteiger partial charge in [0.15, 0.2) is 0 Å². The van der Waals surface area contributed by atoms with Crippen LogP contribution < -0.4 is 4.90 Å². The van der Waals surface area contributed by atoms with Crippen molar-refractivity contribution in [3.8, 4) is 33.4 Å². The van der Waals surface area contributed by atoms with Crippen LogP contribution in [-0.4, -0.2) is 0 Å². The van der Waals surface area contributed by atoms with Gasteiger partial charge in [-0.1, -0.05) is 164 Å². The van der Waals surface area contributed by atoms with Crippen LogP contribution in [0.4, 0.5) is 17.1 Å². The van der Waals surface area contributed by atoms with Crippen LogP contribution in [0.1, 0.15) is 22.3 Å². The second-order valence-electron chi connectivity index (χ2n) is 14.1. The fourth-order valence-corrected chi connectivity index (χ4v) is 9.23. The zero-order valence-electron chi connectivity index (χ0n) is 28.5. The normalized spacial score (nSPS) is 15.0. The van der Waals surface area contributed by atoms with Crippen molar-refractivity contribution < 1.29 is 0 Å². The molecule has 0 fully saturated rings. The minimum absolute atomic E-state index is 0.440. The van der Waals surface area contributed by atoms with Gasteiger partial charge in [0, 0.05) is 17.1 Å². The second kappa shape index (κ2) is 11.2. The van der Waals surface area contributed by atoms with Gasteiger partial charge in [-0.05, 0) is 114 Å². The van der Waals surface area contributed by atoms with E-state index >= 15 is 0 Å². The summed E-state index contributed by atoms with van der Waals surface area (Å²) in [4.78, 5) is 2.43. The zero-order chi connectivity index (χ0) is 34.2. The van der Waals surface area contributed by atoms with Crippen molar-refractivity contribution in [2.75, 3.05) is 4.90 Å². The lowest BCUT2D eigenvalue weighted by Crippen LogP contribution is -2.26. The van der Waals surface area contributed by atoms with Gasteiger partial charge in [0.05, 0.1) is 5.41 Å². The van der Waals surface area contributed by atoms with Crippen LogP contribution in [0.3, 0.4) is 0 Å². The van der Waals surface area contributed by atoms with Crippen LogP contribution in [0.15, 0.2) is 200 Å². The summed E-state index contributed by atoms with van der Waals surface area (Å²) in [7, 11) is 0. The number of nitrogens with zero attached hydrogens (tertiary/aromatic N) is 1. The molecule has 1 nitrogen and oxygen atoms in total. The monoisotopic (exact) mass is 659 g/mol. The third kappa shape index (κ3) is 4.05. The minimum atomic E-state index is -0.440. The molecule has 0 saturated carbocycles. The molecule has 0 N–H and O–H groups in total. The lowest BCUT2D eigenvalue weighted by molar-refractivity contribution is 0.794. The number of rotatable bonds is 4. The minimum Gasteiger partial charge on any atom is -0.310 e. The van der Waals surface area contributed by atoms with Crippen LogP contribution in [-0.2, 0) is 5.41 Å². The van der Waals surface area contributed by atoms with Gasteiger partial charge in [-0.15, -0.1) is 0 Å². The Kier molecular flexibility index (Phi) is 6.23. The van der Waals surface area contributed by atoms with Gasteiger partial charge in [0.1, 0.15) is 0 Å². The van der Waals surface area contributed by atoms with Gasteiger partial charge in [-0.2, -0.15) is 0 Å². The summed E-state index contributed by atoms with van der Waals surface area (Å²) in [5.74, 6) is 0. The Hall–Kier alpha value is -6.70. The van der Waals surface area contributed by atoms with Crippen LogP contribution in [0.25, 0.3) is 54.9 Å². The maximum absolute atomic E-state index is 2.48. The molecular formula is C51H33N. The lowest BCUT2D eigenvalue weighted by atomic mass is 9.70. The predicted molar refractivity (Wildman–Crippen MR) is 218 cm³/mol. The number of fused-ring (bicyclic) bond motifs is 13. The molecule has 0 heterocycles. The van der Waals surface area contributed by atoms with E-state index < -0.39 is 5.41 Å². The molecule has 0 aliphatic heterocycles.